The smallest absolute Gasteiger partial charge is 0.185 e. The van der Waals surface area contributed by atoms with Gasteiger partial charge in [0, 0.05) is 37.2 Å². The van der Waals surface area contributed by atoms with E-state index in [-0.39, 0.29) is 5.54 Å². The average molecular weight is 269 g/mol. The zero-order valence-corrected chi connectivity index (χ0v) is 12.3. The minimum atomic E-state index is 0.139. The van der Waals surface area contributed by atoms with Crippen LogP contribution in [0.5, 0.6) is 0 Å². The van der Waals surface area contributed by atoms with Crippen LogP contribution < -0.4 is 10.2 Å². The minimum Gasteiger partial charge on any atom is -0.380 e. The van der Waals surface area contributed by atoms with E-state index in [4.69, 9.17) is 9.72 Å². The van der Waals surface area contributed by atoms with Gasteiger partial charge in [-0.25, -0.2) is 4.98 Å². The predicted octanol–water partition coefficient (Wildman–Crippen LogP) is 2.26. The summed E-state index contributed by atoms with van der Waals surface area (Å²) in [5, 5.41) is 6.75. The van der Waals surface area contributed by atoms with Crippen LogP contribution in [0.2, 0.25) is 0 Å². The maximum atomic E-state index is 5.47. The summed E-state index contributed by atoms with van der Waals surface area (Å²) in [6, 6.07) is 0. The first-order valence-electron chi connectivity index (χ1n) is 6.57. The van der Waals surface area contributed by atoms with E-state index in [0.29, 0.717) is 0 Å². The molecule has 102 valence electrons. The van der Waals surface area contributed by atoms with Gasteiger partial charge in [-0.15, -0.1) is 11.3 Å². The number of hydrogen-bond acceptors (Lipinski definition) is 5. The van der Waals surface area contributed by atoms with Crippen LogP contribution in [0.4, 0.5) is 5.13 Å². The second-order valence-electron chi connectivity index (χ2n) is 5.68. The van der Waals surface area contributed by atoms with Crippen molar-refractivity contribution in [1.29, 1.82) is 0 Å². The molecule has 4 nitrogen and oxygen atoms in total. The summed E-state index contributed by atoms with van der Waals surface area (Å²) >= 11 is 1.74. The van der Waals surface area contributed by atoms with Crippen LogP contribution in [0.1, 0.15) is 32.9 Å². The summed E-state index contributed by atoms with van der Waals surface area (Å²) in [5.41, 5.74) is 1.27. The average Bonchev–Trinajstić information content (AvgIpc) is 2.60. The third kappa shape index (κ3) is 4.23. The van der Waals surface area contributed by atoms with Crippen LogP contribution in [0.3, 0.4) is 0 Å². The van der Waals surface area contributed by atoms with Crippen molar-refractivity contribution in [2.75, 3.05) is 31.2 Å². The number of thiazole rings is 1. The number of rotatable bonds is 3. The molecule has 1 aromatic heterocycles. The highest BCUT2D eigenvalue weighted by Crippen LogP contribution is 2.21. The van der Waals surface area contributed by atoms with E-state index in [1.807, 2.05) is 0 Å². The van der Waals surface area contributed by atoms with Gasteiger partial charge in [0.15, 0.2) is 5.13 Å². The van der Waals surface area contributed by atoms with Crippen LogP contribution in [0.15, 0.2) is 5.38 Å². The quantitative estimate of drug-likeness (QED) is 0.913. The first-order valence-corrected chi connectivity index (χ1v) is 7.45. The Labute approximate surface area is 113 Å². The monoisotopic (exact) mass is 269 g/mol. The molecule has 0 unspecified atom stereocenters. The summed E-state index contributed by atoms with van der Waals surface area (Å²) in [5.74, 6) is 0. The van der Waals surface area contributed by atoms with E-state index in [2.05, 4.69) is 36.4 Å². The molecule has 1 saturated heterocycles. The SMILES string of the molecule is CC(C)(C)NCc1csc(N2CCCOCC2)n1. The van der Waals surface area contributed by atoms with Crippen molar-refractivity contribution in [3.05, 3.63) is 11.1 Å². The molecular weight excluding hydrogens is 246 g/mol. The summed E-state index contributed by atoms with van der Waals surface area (Å²) in [6.07, 6.45) is 1.09. The fourth-order valence-corrected chi connectivity index (χ4v) is 2.69. The zero-order valence-electron chi connectivity index (χ0n) is 11.5. The second-order valence-corrected chi connectivity index (χ2v) is 6.51. The van der Waals surface area contributed by atoms with Gasteiger partial charge in [-0.1, -0.05) is 0 Å². The van der Waals surface area contributed by atoms with Crippen LogP contribution in [0, 0.1) is 0 Å². The van der Waals surface area contributed by atoms with Crippen LogP contribution in [-0.4, -0.2) is 36.8 Å². The van der Waals surface area contributed by atoms with Crippen molar-refractivity contribution in [3.63, 3.8) is 0 Å². The predicted molar refractivity (Wildman–Crippen MR) is 76.4 cm³/mol. The Morgan fingerprint density at radius 3 is 3.00 bits per heavy atom. The maximum absolute atomic E-state index is 5.47. The number of hydrogen-bond donors (Lipinski definition) is 1. The number of nitrogens with one attached hydrogen (secondary N) is 1. The van der Waals surface area contributed by atoms with Crippen LogP contribution >= 0.6 is 11.3 Å². The van der Waals surface area contributed by atoms with Crippen LogP contribution in [0.25, 0.3) is 0 Å². The van der Waals surface area contributed by atoms with E-state index in [1.165, 1.54) is 0 Å². The Bertz CT molecular complexity index is 365. The lowest BCUT2D eigenvalue weighted by atomic mass is 10.1. The normalized spacial score (nSPS) is 17.8. The van der Waals surface area contributed by atoms with Gasteiger partial charge in [0.1, 0.15) is 0 Å². The molecule has 1 N–H and O–H groups in total. The third-order valence-electron chi connectivity index (χ3n) is 2.83. The summed E-state index contributed by atoms with van der Waals surface area (Å²) < 4.78 is 5.47. The largest absolute Gasteiger partial charge is 0.380 e. The third-order valence-corrected chi connectivity index (χ3v) is 3.78. The first-order chi connectivity index (χ1) is 8.54. The number of anilines is 1. The van der Waals surface area contributed by atoms with Crippen molar-refractivity contribution in [2.24, 2.45) is 0 Å². The highest BCUT2D eigenvalue weighted by molar-refractivity contribution is 7.13. The van der Waals surface area contributed by atoms with Gasteiger partial charge in [-0.2, -0.15) is 0 Å². The molecule has 18 heavy (non-hydrogen) atoms. The van der Waals surface area contributed by atoms with Gasteiger partial charge in [-0.05, 0) is 27.2 Å². The molecule has 2 rings (SSSR count). The Morgan fingerprint density at radius 1 is 1.39 bits per heavy atom. The van der Waals surface area contributed by atoms with Crippen LogP contribution in [-0.2, 0) is 11.3 Å². The molecule has 0 aromatic carbocycles. The summed E-state index contributed by atoms with van der Waals surface area (Å²) in [4.78, 5) is 7.04. The van der Waals surface area contributed by atoms with Gasteiger partial charge < -0.3 is 15.0 Å². The van der Waals surface area contributed by atoms with Crippen molar-refractivity contribution < 1.29 is 4.74 Å². The molecule has 0 radical (unpaired) electrons. The van der Waals surface area contributed by atoms with E-state index >= 15 is 0 Å². The van der Waals surface area contributed by atoms with Gasteiger partial charge in [-0.3, -0.25) is 0 Å². The fourth-order valence-electron chi connectivity index (χ4n) is 1.82. The molecule has 1 fully saturated rings. The summed E-state index contributed by atoms with van der Waals surface area (Å²) in [7, 11) is 0. The van der Waals surface area contributed by atoms with Gasteiger partial charge in [0.25, 0.3) is 0 Å². The lowest BCUT2D eigenvalue weighted by Crippen LogP contribution is -2.35. The highest BCUT2D eigenvalue weighted by atomic mass is 32.1. The van der Waals surface area contributed by atoms with E-state index in [1.54, 1.807) is 11.3 Å². The molecular formula is C13H23N3OS. The van der Waals surface area contributed by atoms with Crippen molar-refractivity contribution in [2.45, 2.75) is 39.3 Å². The Hall–Kier alpha value is -0.650. The standard InChI is InChI=1S/C13H23N3OS/c1-13(2,3)14-9-11-10-18-12(15-11)16-5-4-7-17-8-6-16/h10,14H,4-9H2,1-3H3. The molecule has 5 heteroatoms. The minimum absolute atomic E-state index is 0.139. The molecule has 0 spiro atoms. The van der Waals surface area contributed by atoms with Gasteiger partial charge in [0.05, 0.1) is 12.3 Å². The van der Waals surface area contributed by atoms with E-state index in [9.17, 15) is 0 Å². The van der Waals surface area contributed by atoms with Gasteiger partial charge in [0.2, 0.25) is 0 Å². The lowest BCUT2D eigenvalue weighted by molar-refractivity contribution is 0.152. The van der Waals surface area contributed by atoms with E-state index in [0.717, 1.165) is 50.1 Å². The maximum Gasteiger partial charge on any atom is 0.185 e. The summed E-state index contributed by atoms with van der Waals surface area (Å²) in [6.45, 7) is 11.1. The van der Waals surface area contributed by atoms with E-state index < -0.39 is 0 Å². The molecule has 0 bridgehead atoms. The molecule has 1 aliphatic rings. The van der Waals surface area contributed by atoms with Crippen molar-refractivity contribution >= 4 is 16.5 Å². The molecule has 1 aromatic rings. The van der Waals surface area contributed by atoms with Crippen molar-refractivity contribution in [1.82, 2.24) is 10.3 Å². The molecule has 0 atom stereocenters. The molecule has 1 aliphatic heterocycles. The fraction of sp³-hybridized carbons (Fsp3) is 0.769. The topological polar surface area (TPSA) is 37.4 Å². The number of ether oxygens (including phenoxy) is 1. The number of nitrogens with zero attached hydrogens (tertiary/aromatic N) is 2. The first kappa shape index (κ1) is 13.8. The zero-order chi connectivity index (χ0) is 13.0. The Kier molecular flexibility index (Phi) is 4.59. The Balaban J connectivity index is 1.92. The van der Waals surface area contributed by atoms with Crippen molar-refractivity contribution in [3.8, 4) is 0 Å². The van der Waals surface area contributed by atoms with Gasteiger partial charge >= 0.3 is 0 Å². The molecule has 0 aliphatic carbocycles. The Morgan fingerprint density at radius 2 is 2.22 bits per heavy atom. The highest BCUT2D eigenvalue weighted by Gasteiger charge is 2.14. The molecule has 2 heterocycles. The molecule has 0 saturated carbocycles. The lowest BCUT2D eigenvalue weighted by Gasteiger charge is -2.20. The molecule has 0 amide bonds. The number of aromatic nitrogens is 1. The second kappa shape index (κ2) is 5.99.